The van der Waals surface area contributed by atoms with E-state index in [0.717, 1.165) is 31.6 Å². The van der Waals surface area contributed by atoms with Gasteiger partial charge in [-0.1, -0.05) is 37.3 Å². The Hall–Kier alpha value is -1.85. The molecule has 4 aliphatic rings. The molecule has 0 amide bonds. The standard InChI is InChI=1S/C22H28N2O3/c1-4-20-10-7-12-24-13-11-21(17(20)24)15-8-5-6-9-16(15)23(2)18(21)22(26,14-20)19(25)27-3/h5-10,17-18,26H,4,11-14H2,1-3H3/t17-,18+,20-,21+,22+/m0/s1. The zero-order valence-electron chi connectivity index (χ0n) is 16.3. The molecule has 5 atom stereocenters. The third-order valence-corrected chi connectivity index (χ3v) is 7.91. The van der Waals surface area contributed by atoms with Crippen LogP contribution in [0.4, 0.5) is 5.69 Å². The Bertz CT molecular complexity index is 839. The molecular weight excluding hydrogens is 340 g/mol. The molecule has 1 N–H and O–H groups in total. The quantitative estimate of drug-likeness (QED) is 0.640. The van der Waals surface area contributed by atoms with Gasteiger partial charge in [0.05, 0.1) is 13.2 Å². The molecule has 1 saturated heterocycles. The van der Waals surface area contributed by atoms with Crippen LogP contribution in [-0.4, -0.2) is 60.9 Å². The molecule has 1 aromatic rings. The van der Waals surface area contributed by atoms with Crippen LogP contribution in [0.5, 0.6) is 0 Å². The van der Waals surface area contributed by atoms with Crippen molar-refractivity contribution in [2.75, 3.05) is 32.1 Å². The number of carbonyl (C=O) groups is 1. The van der Waals surface area contributed by atoms with E-state index in [9.17, 15) is 9.90 Å². The number of benzene rings is 1. The van der Waals surface area contributed by atoms with Crippen LogP contribution >= 0.6 is 0 Å². The van der Waals surface area contributed by atoms with Gasteiger partial charge in [-0.2, -0.15) is 0 Å². The molecule has 3 aliphatic heterocycles. The maximum atomic E-state index is 13.0. The van der Waals surface area contributed by atoms with Gasteiger partial charge in [-0.05, 0) is 37.4 Å². The molecule has 5 nitrogen and oxygen atoms in total. The van der Waals surface area contributed by atoms with Crippen LogP contribution in [0.2, 0.25) is 0 Å². The van der Waals surface area contributed by atoms with Crippen LogP contribution in [0.25, 0.3) is 0 Å². The first kappa shape index (κ1) is 17.3. The van der Waals surface area contributed by atoms with E-state index in [1.165, 1.54) is 12.7 Å². The number of carbonyl (C=O) groups excluding carboxylic acids is 1. The van der Waals surface area contributed by atoms with E-state index in [2.05, 4.69) is 47.1 Å². The van der Waals surface area contributed by atoms with Gasteiger partial charge in [0.15, 0.2) is 5.60 Å². The monoisotopic (exact) mass is 368 g/mol. The number of hydrogen-bond acceptors (Lipinski definition) is 5. The third-order valence-electron chi connectivity index (χ3n) is 7.91. The summed E-state index contributed by atoms with van der Waals surface area (Å²) in [5, 5.41) is 11.9. The number of esters is 1. The lowest BCUT2D eigenvalue weighted by atomic mass is 9.49. The van der Waals surface area contributed by atoms with Gasteiger partial charge in [-0.3, -0.25) is 4.90 Å². The fourth-order valence-electron chi connectivity index (χ4n) is 7.18. The predicted octanol–water partition coefficient (Wildman–Crippen LogP) is 2.09. The van der Waals surface area contributed by atoms with Crippen LogP contribution in [0.15, 0.2) is 36.4 Å². The minimum atomic E-state index is -1.54. The molecule has 0 bridgehead atoms. The van der Waals surface area contributed by atoms with E-state index < -0.39 is 11.6 Å². The second-order valence-electron chi connectivity index (χ2n) is 8.80. The van der Waals surface area contributed by atoms with Gasteiger partial charge in [0.25, 0.3) is 0 Å². The molecule has 2 fully saturated rings. The summed E-state index contributed by atoms with van der Waals surface area (Å²) >= 11 is 0. The number of likely N-dealkylation sites (N-methyl/N-ethyl adjacent to an activating group) is 1. The Balaban J connectivity index is 1.83. The molecular formula is C22H28N2O3. The molecule has 5 rings (SSSR count). The molecule has 144 valence electrons. The number of rotatable bonds is 2. The lowest BCUT2D eigenvalue weighted by molar-refractivity contribution is -0.181. The lowest BCUT2D eigenvalue weighted by Crippen LogP contribution is -2.74. The first-order chi connectivity index (χ1) is 12.9. The number of nitrogens with zero attached hydrogens (tertiary/aromatic N) is 2. The van der Waals surface area contributed by atoms with Crippen molar-refractivity contribution < 1.29 is 14.6 Å². The minimum absolute atomic E-state index is 0.230. The number of methoxy groups -OCH3 is 1. The van der Waals surface area contributed by atoms with E-state index in [-0.39, 0.29) is 16.9 Å². The molecule has 0 radical (unpaired) electrons. The van der Waals surface area contributed by atoms with Crippen molar-refractivity contribution >= 4 is 11.7 Å². The van der Waals surface area contributed by atoms with Crippen molar-refractivity contribution in [1.82, 2.24) is 4.90 Å². The number of ether oxygens (including phenoxy) is 1. The number of anilines is 1. The second-order valence-corrected chi connectivity index (χ2v) is 8.80. The van der Waals surface area contributed by atoms with E-state index in [1.54, 1.807) is 0 Å². The summed E-state index contributed by atoms with van der Waals surface area (Å²) in [7, 11) is 3.41. The number of fused-ring (bicyclic) bond motifs is 1. The molecule has 5 heteroatoms. The van der Waals surface area contributed by atoms with Gasteiger partial charge in [0.1, 0.15) is 0 Å². The molecule has 1 aliphatic carbocycles. The van der Waals surface area contributed by atoms with Gasteiger partial charge in [0.2, 0.25) is 0 Å². The maximum absolute atomic E-state index is 13.0. The van der Waals surface area contributed by atoms with Gasteiger partial charge >= 0.3 is 5.97 Å². The van der Waals surface area contributed by atoms with E-state index >= 15 is 0 Å². The summed E-state index contributed by atoms with van der Waals surface area (Å²) in [5.74, 6) is -0.504. The number of para-hydroxylation sites is 1. The molecule has 1 saturated carbocycles. The van der Waals surface area contributed by atoms with Crippen LogP contribution in [-0.2, 0) is 14.9 Å². The molecule has 3 heterocycles. The predicted molar refractivity (Wildman–Crippen MR) is 104 cm³/mol. The number of hydrogen-bond donors (Lipinski definition) is 1. The molecule has 1 aromatic carbocycles. The topological polar surface area (TPSA) is 53.0 Å². The summed E-state index contributed by atoms with van der Waals surface area (Å²) < 4.78 is 5.17. The summed E-state index contributed by atoms with van der Waals surface area (Å²) in [6, 6.07) is 8.44. The van der Waals surface area contributed by atoms with Gasteiger partial charge in [-0.15, -0.1) is 0 Å². The Morgan fingerprint density at radius 1 is 1.33 bits per heavy atom. The second kappa shape index (κ2) is 5.36. The third kappa shape index (κ3) is 1.80. The number of aliphatic hydroxyl groups is 1. The van der Waals surface area contributed by atoms with Gasteiger partial charge in [0, 0.05) is 36.2 Å². The van der Waals surface area contributed by atoms with Gasteiger partial charge < -0.3 is 14.7 Å². The van der Waals surface area contributed by atoms with Crippen LogP contribution in [0.3, 0.4) is 0 Å². The van der Waals surface area contributed by atoms with E-state index in [0.29, 0.717) is 12.5 Å². The smallest absolute Gasteiger partial charge is 0.340 e. The Kier molecular flexibility index (Phi) is 3.43. The summed E-state index contributed by atoms with van der Waals surface area (Å²) in [4.78, 5) is 17.7. The zero-order chi connectivity index (χ0) is 19.0. The highest BCUT2D eigenvalue weighted by Gasteiger charge is 2.75. The summed E-state index contributed by atoms with van der Waals surface area (Å²) in [6.07, 6.45) is 6.76. The van der Waals surface area contributed by atoms with Crippen LogP contribution < -0.4 is 4.90 Å². The normalized spacial score (nSPS) is 41.9. The zero-order valence-corrected chi connectivity index (χ0v) is 16.3. The first-order valence-electron chi connectivity index (χ1n) is 9.99. The van der Waals surface area contributed by atoms with Gasteiger partial charge in [-0.25, -0.2) is 4.79 Å². The van der Waals surface area contributed by atoms with Crippen molar-refractivity contribution in [1.29, 1.82) is 0 Å². The minimum Gasteiger partial charge on any atom is -0.467 e. The molecule has 27 heavy (non-hydrogen) atoms. The lowest BCUT2D eigenvalue weighted by Gasteiger charge is -2.60. The summed E-state index contributed by atoms with van der Waals surface area (Å²) in [6.45, 7) is 4.12. The fourth-order valence-corrected chi connectivity index (χ4v) is 7.18. The van der Waals surface area contributed by atoms with Crippen molar-refractivity contribution in [3.63, 3.8) is 0 Å². The fraction of sp³-hybridized carbons (Fsp3) is 0.591. The van der Waals surface area contributed by atoms with Crippen LogP contribution in [0.1, 0.15) is 31.7 Å². The highest BCUT2D eigenvalue weighted by atomic mass is 16.5. The van der Waals surface area contributed by atoms with Crippen molar-refractivity contribution in [2.45, 2.75) is 49.3 Å². The molecule has 0 aromatic heterocycles. The largest absolute Gasteiger partial charge is 0.467 e. The highest BCUT2D eigenvalue weighted by Crippen LogP contribution is 2.66. The Morgan fingerprint density at radius 3 is 2.85 bits per heavy atom. The van der Waals surface area contributed by atoms with Crippen molar-refractivity contribution in [2.24, 2.45) is 5.41 Å². The van der Waals surface area contributed by atoms with E-state index in [4.69, 9.17) is 4.74 Å². The molecule has 0 unspecified atom stereocenters. The highest BCUT2D eigenvalue weighted by molar-refractivity contribution is 5.85. The van der Waals surface area contributed by atoms with Crippen molar-refractivity contribution in [3.05, 3.63) is 42.0 Å². The summed E-state index contributed by atoms with van der Waals surface area (Å²) in [5.41, 5.74) is 0.375. The SMILES string of the molecule is CC[C@]12C=CCN3CC[C@@]4(c5ccccc5N(C)[C@H]4[C@@](O)(C(=O)OC)C1)[C@@H]32. The Morgan fingerprint density at radius 2 is 2.11 bits per heavy atom. The first-order valence-corrected chi connectivity index (χ1v) is 9.99. The average molecular weight is 368 g/mol. The maximum Gasteiger partial charge on any atom is 0.340 e. The molecule has 1 spiro atoms. The van der Waals surface area contributed by atoms with Crippen LogP contribution in [0, 0.1) is 5.41 Å². The Labute approximate surface area is 160 Å². The van der Waals surface area contributed by atoms with E-state index in [1.807, 2.05) is 13.1 Å². The average Bonchev–Trinajstić information content (AvgIpc) is 3.20. The van der Waals surface area contributed by atoms with Crippen molar-refractivity contribution in [3.8, 4) is 0 Å².